The van der Waals surface area contributed by atoms with Crippen LogP contribution in [-0.2, 0) is 28.5 Å². The second-order valence-electron chi connectivity index (χ2n) is 14.0. The van der Waals surface area contributed by atoms with Crippen molar-refractivity contribution in [1.29, 1.82) is 0 Å². The molecule has 0 aliphatic carbocycles. The molecule has 0 aromatic rings. The third-order valence-corrected chi connectivity index (χ3v) is 9.09. The van der Waals surface area contributed by atoms with Crippen LogP contribution in [0.3, 0.4) is 0 Å². The lowest BCUT2D eigenvalue weighted by molar-refractivity contribution is -0.194. The van der Waals surface area contributed by atoms with Crippen molar-refractivity contribution in [3.05, 3.63) is 23.3 Å². The number of carbonyl (C=O) groups excluding carboxylic acids is 2. The summed E-state index contributed by atoms with van der Waals surface area (Å²) in [4.78, 5) is 24.4. The monoisotopic (exact) mass is 594 g/mol. The average molecular weight is 595 g/mol. The van der Waals surface area contributed by atoms with Gasteiger partial charge in [-0.15, -0.1) is 0 Å². The largest absolute Gasteiger partial charge is 0.459 e. The molecule has 0 aromatic heterocycles. The summed E-state index contributed by atoms with van der Waals surface area (Å²) in [6.45, 7) is 18.4. The summed E-state index contributed by atoms with van der Waals surface area (Å²) in [5.41, 5.74) is -1.23. The molecular weight excluding hydrogens is 536 g/mol. The van der Waals surface area contributed by atoms with E-state index in [2.05, 4.69) is 12.2 Å². The van der Waals surface area contributed by atoms with Gasteiger partial charge in [0.05, 0.1) is 23.4 Å². The molecule has 2 heterocycles. The fourth-order valence-corrected chi connectivity index (χ4v) is 6.38. The van der Waals surface area contributed by atoms with Gasteiger partial charge in [-0.05, 0) is 120 Å². The van der Waals surface area contributed by atoms with Gasteiger partial charge in [0.15, 0.2) is 0 Å². The number of rotatable bonds is 15. The summed E-state index contributed by atoms with van der Waals surface area (Å²) < 4.78 is 24.6. The van der Waals surface area contributed by atoms with E-state index < -0.39 is 46.6 Å². The van der Waals surface area contributed by atoms with Crippen LogP contribution in [0.5, 0.6) is 0 Å². The Hall–Kier alpha value is -1.74. The Morgan fingerprint density at radius 1 is 0.762 bits per heavy atom. The number of hydrogen-bond acceptors (Lipinski definition) is 8. The Morgan fingerprint density at radius 3 is 1.38 bits per heavy atom. The number of esters is 2. The molecule has 0 radical (unpaired) electrons. The van der Waals surface area contributed by atoms with Gasteiger partial charge in [-0.1, -0.05) is 23.3 Å². The SMILES string of the molecule is CC(=O)O[C@@H](CC[C@@H](OC(C)=O)[C@]1(C)CC[C@H]([C@@](C)(O)CCC=C(C)C)O1)[C@]1(C)CC[C@H]([C@@](C)(O)CCC=C(C)C)O1. The van der Waals surface area contributed by atoms with Crippen LogP contribution in [0.25, 0.3) is 0 Å². The number of aliphatic hydroxyl groups is 2. The maximum atomic E-state index is 12.2. The zero-order valence-electron chi connectivity index (χ0n) is 27.9. The maximum Gasteiger partial charge on any atom is 0.303 e. The summed E-state index contributed by atoms with van der Waals surface area (Å²) in [6, 6.07) is 0. The number of carbonyl (C=O) groups is 2. The lowest BCUT2D eigenvalue weighted by Crippen LogP contribution is -2.49. The van der Waals surface area contributed by atoms with Gasteiger partial charge in [0, 0.05) is 13.8 Å². The molecule has 2 saturated heterocycles. The molecule has 8 heteroatoms. The van der Waals surface area contributed by atoms with Crippen LogP contribution in [0, 0.1) is 0 Å². The minimum atomic E-state index is -1.02. The van der Waals surface area contributed by atoms with Crippen molar-refractivity contribution in [2.75, 3.05) is 0 Å². The van der Waals surface area contributed by atoms with Crippen molar-refractivity contribution >= 4 is 11.9 Å². The molecule has 2 aliphatic rings. The van der Waals surface area contributed by atoms with Crippen LogP contribution < -0.4 is 0 Å². The highest BCUT2D eigenvalue weighted by Gasteiger charge is 2.52. The topological polar surface area (TPSA) is 112 Å². The second-order valence-corrected chi connectivity index (χ2v) is 14.0. The lowest BCUT2D eigenvalue weighted by Gasteiger charge is -2.39. The summed E-state index contributed by atoms with van der Waals surface area (Å²) in [5.74, 6) is -0.827. The van der Waals surface area contributed by atoms with E-state index in [-0.39, 0.29) is 12.2 Å². The summed E-state index contributed by atoms with van der Waals surface area (Å²) in [6.07, 6.45) is 8.21. The summed E-state index contributed by atoms with van der Waals surface area (Å²) >= 11 is 0. The molecule has 2 rings (SSSR count). The predicted molar refractivity (Wildman–Crippen MR) is 164 cm³/mol. The molecule has 0 spiro atoms. The van der Waals surface area contributed by atoms with Crippen LogP contribution in [0.1, 0.15) is 133 Å². The molecule has 2 N–H and O–H groups in total. The van der Waals surface area contributed by atoms with Crippen molar-refractivity contribution in [3.63, 3.8) is 0 Å². The third kappa shape index (κ3) is 10.5. The highest BCUT2D eigenvalue weighted by Crippen LogP contribution is 2.44. The highest BCUT2D eigenvalue weighted by atomic mass is 16.6. The summed E-state index contributed by atoms with van der Waals surface area (Å²) in [7, 11) is 0. The molecule has 242 valence electrons. The molecule has 0 unspecified atom stereocenters. The number of hydrogen-bond donors (Lipinski definition) is 2. The smallest absolute Gasteiger partial charge is 0.303 e. The average Bonchev–Trinajstić information content (AvgIpc) is 3.45. The van der Waals surface area contributed by atoms with Crippen molar-refractivity contribution in [3.8, 4) is 0 Å². The number of ether oxygens (including phenoxy) is 4. The first-order valence-corrected chi connectivity index (χ1v) is 15.7. The van der Waals surface area contributed by atoms with Gasteiger partial charge in [0.1, 0.15) is 23.4 Å². The Bertz CT molecular complexity index is 896. The first-order chi connectivity index (χ1) is 19.3. The minimum Gasteiger partial charge on any atom is -0.459 e. The second kappa shape index (κ2) is 14.8. The van der Waals surface area contributed by atoms with Crippen molar-refractivity contribution in [2.45, 2.75) is 180 Å². The molecule has 0 saturated carbocycles. The molecule has 0 bridgehead atoms. The zero-order valence-corrected chi connectivity index (χ0v) is 27.9. The molecule has 8 atom stereocenters. The molecule has 42 heavy (non-hydrogen) atoms. The van der Waals surface area contributed by atoms with Gasteiger partial charge < -0.3 is 29.2 Å². The molecular formula is C34H58O8. The maximum absolute atomic E-state index is 12.2. The minimum absolute atomic E-state index is 0.389. The first-order valence-electron chi connectivity index (χ1n) is 15.7. The van der Waals surface area contributed by atoms with Crippen LogP contribution in [0.15, 0.2) is 23.3 Å². The standard InChI is InChI=1S/C34H58O8/c1-23(2)13-11-19-31(7,37)27-17-21-33(9,41-27)29(39-25(5)35)15-16-30(40-26(6)36)34(10)22-18-28(42-34)32(8,38)20-12-14-24(3)4/h13-14,27-30,37-38H,11-12,15-22H2,1-10H3/t27-,28-,29-,30+,31+,32+,33+,34+/m1/s1. The zero-order chi connectivity index (χ0) is 31.9. The predicted octanol–water partition coefficient (Wildman–Crippen LogP) is 6.50. The molecule has 0 amide bonds. The quantitative estimate of drug-likeness (QED) is 0.163. The van der Waals surface area contributed by atoms with E-state index in [0.717, 1.165) is 12.8 Å². The Balaban J connectivity index is 2.16. The molecule has 2 fully saturated rings. The highest BCUT2D eigenvalue weighted by molar-refractivity contribution is 5.66. The molecule has 0 aromatic carbocycles. The van der Waals surface area contributed by atoms with Gasteiger partial charge >= 0.3 is 11.9 Å². The normalized spacial score (nSPS) is 30.0. The van der Waals surface area contributed by atoms with Gasteiger partial charge in [-0.3, -0.25) is 9.59 Å². The van der Waals surface area contributed by atoms with Crippen molar-refractivity contribution in [2.24, 2.45) is 0 Å². The van der Waals surface area contributed by atoms with Gasteiger partial charge in [-0.25, -0.2) is 0 Å². The first kappa shape index (κ1) is 36.5. The van der Waals surface area contributed by atoms with Crippen molar-refractivity contribution < 1.29 is 38.7 Å². The Morgan fingerprint density at radius 2 is 1.10 bits per heavy atom. The van der Waals surface area contributed by atoms with Crippen molar-refractivity contribution in [1.82, 2.24) is 0 Å². The van der Waals surface area contributed by atoms with E-state index in [0.29, 0.717) is 51.4 Å². The Labute approximate surface area is 254 Å². The fourth-order valence-electron chi connectivity index (χ4n) is 6.38. The Kier molecular flexibility index (Phi) is 12.9. The van der Waals surface area contributed by atoms with E-state index in [1.807, 2.05) is 55.4 Å². The van der Waals surface area contributed by atoms with E-state index >= 15 is 0 Å². The van der Waals surface area contributed by atoms with E-state index in [4.69, 9.17) is 18.9 Å². The van der Waals surface area contributed by atoms with E-state index in [1.54, 1.807) is 0 Å². The van der Waals surface area contributed by atoms with Gasteiger partial charge in [-0.2, -0.15) is 0 Å². The lowest BCUT2D eigenvalue weighted by atomic mass is 9.85. The van der Waals surface area contributed by atoms with Crippen LogP contribution in [0.2, 0.25) is 0 Å². The van der Waals surface area contributed by atoms with E-state index in [1.165, 1.54) is 25.0 Å². The number of allylic oxidation sites excluding steroid dienone is 4. The van der Waals surface area contributed by atoms with Crippen LogP contribution in [-0.4, -0.2) is 69.0 Å². The third-order valence-electron chi connectivity index (χ3n) is 9.09. The van der Waals surface area contributed by atoms with Gasteiger partial charge in [0.25, 0.3) is 0 Å². The van der Waals surface area contributed by atoms with Crippen LogP contribution >= 0.6 is 0 Å². The molecule has 2 aliphatic heterocycles. The van der Waals surface area contributed by atoms with Gasteiger partial charge in [0.2, 0.25) is 0 Å². The van der Waals surface area contributed by atoms with E-state index in [9.17, 15) is 19.8 Å². The summed E-state index contributed by atoms with van der Waals surface area (Å²) in [5, 5.41) is 22.5. The molecule has 8 nitrogen and oxygen atoms in total. The van der Waals surface area contributed by atoms with Crippen LogP contribution in [0.4, 0.5) is 0 Å². The fraction of sp³-hybridized carbons (Fsp3) is 0.824.